The zero-order chi connectivity index (χ0) is 23.3. The second-order valence-corrected chi connectivity index (χ2v) is 7.72. The molecule has 0 spiro atoms. The molecular weight excluding hydrogens is 458 g/mol. The molecule has 0 saturated carbocycles. The van der Waals surface area contributed by atoms with Crippen molar-refractivity contribution in [3.8, 4) is 11.1 Å². The van der Waals surface area contributed by atoms with Gasteiger partial charge in [-0.2, -0.15) is 18.2 Å². The maximum Gasteiger partial charge on any atom is 0.416 e. The Morgan fingerprint density at radius 1 is 0.909 bits per heavy atom. The second kappa shape index (κ2) is 7.70. The molecule has 0 N–H and O–H groups in total. The summed E-state index contributed by atoms with van der Waals surface area (Å²) >= 11 is 6.14. The molecule has 10 heteroatoms. The van der Waals surface area contributed by atoms with Gasteiger partial charge in [-0.3, -0.25) is 0 Å². The highest BCUT2D eigenvalue weighted by Crippen LogP contribution is 2.35. The quantitative estimate of drug-likeness (QED) is 0.281. The lowest BCUT2D eigenvalue weighted by Gasteiger charge is -2.21. The first-order chi connectivity index (χ1) is 15.7. The lowest BCUT2D eigenvalue weighted by molar-refractivity contribution is -0.137. The lowest BCUT2D eigenvalue weighted by atomic mass is 10.0. The third kappa shape index (κ3) is 3.74. The van der Waals surface area contributed by atoms with E-state index in [4.69, 9.17) is 11.6 Å². The van der Waals surface area contributed by atoms with E-state index < -0.39 is 17.6 Å². The first-order valence-corrected chi connectivity index (χ1v) is 10.1. The highest BCUT2D eigenvalue weighted by molar-refractivity contribution is 6.29. The van der Waals surface area contributed by atoms with Gasteiger partial charge in [-0.05, 0) is 65.2 Å². The van der Waals surface area contributed by atoms with Crippen LogP contribution in [-0.2, 0) is 6.18 Å². The minimum atomic E-state index is -4.40. The number of halogens is 5. The van der Waals surface area contributed by atoms with Gasteiger partial charge in [-0.1, -0.05) is 24.3 Å². The first kappa shape index (κ1) is 21.1. The number of hydrogen-bond donors (Lipinski definition) is 0. The predicted octanol–water partition coefficient (Wildman–Crippen LogP) is 6.52. The fraction of sp³-hybridized carbons (Fsp3) is 0.0870. The summed E-state index contributed by atoms with van der Waals surface area (Å²) in [5.41, 5.74) is 1.91. The van der Waals surface area contributed by atoms with E-state index in [0.717, 1.165) is 17.7 Å². The third-order valence-electron chi connectivity index (χ3n) is 5.35. The molecule has 3 aromatic carbocycles. The largest absolute Gasteiger partial charge is 0.416 e. The Morgan fingerprint density at radius 3 is 2.39 bits per heavy atom. The van der Waals surface area contributed by atoms with Crippen LogP contribution in [0.5, 0.6) is 0 Å². The average Bonchev–Trinajstić information content (AvgIpc) is 3.18. The fourth-order valence-corrected chi connectivity index (χ4v) is 3.90. The normalized spacial score (nSPS) is 11.9. The molecule has 0 unspecified atom stereocenters. The summed E-state index contributed by atoms with van der Waals surface area (Å²) in [7, 11) is 1.76. The van der Waals surface area contributed by atoms with E-state index in [9.17, 15) is 17.6 Å². The van der Waals surface area contributed by atoms with Crippen LogP contribution in [-0.4, -0.2) is 26.6 Å². The molecule has 0 saturated heterocycles. The van der Waals surface area contributed by atoms with Gasteiger partial charge in [0.05, 0.1) is 11.1 Å². The summed E-state index contributed by atoms with van der Waals surface area (Å²) in [5.74, 6) is 0.228. The smallest absolute Gasteiger partial charge is 0.329 e. The molecule has 5 aromatic rings. The van der Waals surface area contributed by atoms with Crippen molar-refractivity contribution in [3.63, 3.8) is 0 Å². The number of anilines is 2. The molecule has 166 valence electrons. The Bertz CT molecular complexity index is 1500. The Labute approximate surface area is 189 Å². The summed E-state index contributed by atoms with van der Waals surface area (Å²) in [6.45, 7) is 0. The van der Waals surface area contributed by atoms with Crippen molar-refractivity contribution in [2.24, 2.45) is 0 Å². The maximum absolute atomic E-state index is 14.1. The Morgan fingerprint density at radius 2 is 1.67 bits per heavy atom. The number of rotatable bonds is 3. The number of nitrogens with zero attached hydrogens (tertiary/aromatic N) is 5. The summed E-state index contributed by atoms with van der Waals surface area (Å²) in [5, 5.41) is 8.42. The van der Waals surface area contributed by atoms with Gasteiger partial charge in [-0.15, -0.1) is 10.2 Å². The standard InChI is InChI=1S/C23H14ClF4N5/c1-32(17-4-2-3-14(11-17)13-5-7-15(8-6-13)23(26,27)28)20-18-12-16(25)9-10-19(18)33-21(24)30-31-22(33)29-20/h2-12H,1H3. The monoisotopic (exact) mass is 471 g/mol. The molecule has 0 amide bonds. The van der Waals surface area contributed by atoms with Gasteiger partial charge in [0.2, 0.25) is 5.28 Å². The molecule has 0 fully saturated rings. The summed E-state index contributed by atoms with van der Waals surface area (Å²) in [6.07, 6.45) is -4.40. The maximum atomic E-state index is 14.1. The molecule has 2 aromatic heterocycles. The van der Waals surface area contributed by atoms with Gasteiger partial charge < -0.3 is 4.90 Å². The number of aromatic nitrogens is 4. The molecule has 0 aliphatic carbocycles. The van der Waals surface area contributed by atoms with E-state index in [1.807, 2.05) is 12.1 Å². The van der Waals surface area contributed by atoms with Crippen LogP contribution in [0, 0.1) is 5.82 Å². The van der Waals surface area contributed by atoms with Crippen LogP contribution in [0.25, 0.3) is 27.8 Å². The fourth-order valence-electron chi connectivity index (χ4n) is 3.70. The van der Waals surface area contributed by atoms with E-state index in [2.05, 4.69) is 15.2 Å². The van der Waals surface area contributed by atoms with Crippen molar-refractivity contribution in [1.29, 1.82) is 0 Å². The molecule has 0 radical (unpaired) electrons. The van der Waals surface area contributed by atoms with Crippen LogP contribution in [0.4, 0.5) is 29.1 Å². The molecule has 0 aliphatic heterocycles. The molecule has 0 bridgehead atoms. The molecular formula is C23H14ClF4N5. The van der Waals surface area contributed by atoms with Crippen molar-refractivity contribution in [3.05, 3.63) is 83.4 Å². The van der Waals surface area contributed by atoms with Gasteiger partial charge in [0, 0.05) is 18.1 Å². The van der Waals surface area contributed by atoms with Crippen molar-refractivity contribution in [2.75, 3.05) is 11.9 Å². The van der Waals surface area contributed by atoms with Crippen LogP contribution < -0.4 is 4.90 Å². The van der Waals surface area contributed by atoms with Gasteiger partial charge in [0.1, 0.15) is 11.6 Å². The van der Waals surface area contributed by atoms with Gasteiger partial charge in [-0.25, -0.2) is 8.79 Å². The van der Waals surface area contributed by atoms with E-state index in [1.54, 1.807) is 30.1 Å². The number of alkyl halides is 3. The van der Waals surface area contributed by atoms with Crippen molar-refractivity contribution < 1.29 is 17.6 Å². The van der Waals surface area contributed by atoms with Crippen LogP contribution in [0.2, 0.25) is 5.28 Å². The minimum Gasteiger partial charge on any atom is -0.329 e. The van der Waals surface area contributed by atoms with Crippen LogP contribution in [0.3, 0.4) is 0 Å². The molecule has 5 rings (SSSR count). The second-order valence-electron chi connectivity index (χ2n) is 7.39. The van der Waals surface area contributed by atoms with E-state index in [1.165, 1.54) is 28.7 Å². The van der Waals surface area contributed by atoms with Crippen LogP contribution in [0.1, 0.15) is 5.56 Å². The van der Waals surface area contributed by atoms with Crippen LogP contribution >= 0.6 is 11.6 Å². The van der Waals surface area contributed by atoms with Crippen molar-refractivity contribution >= 4 is 39.8 Å². The van der Waals surface area contributed by atoms with E-state index in [0.29, 0.717) is 28.0 Å². The number of benzene rings is 3. The molecule has 0 atom stereocenters. The van der Waals surface area contributed by atoms with E-state index in [-0.39, 0.29) is 11.1 Å². The molecule has 0 aliphatic rings. The highest BCUT2D eigenvalue weighted by Gasteiger charge is 2.30. The Hall–Kier alpha value is -3.72. The Balaban J connectivity index is 1.60. The molecule has 5 nitrogen and oxygen atoms in total. The SMILES string of the molecule is CN(c1cccc(-c2ccc(C(F)(F)F)cc2)c1)c1nc2nnc(Cl)n2c2ccc(F)cc12. The van der Waals surface area contributed by atoms with Crippen molar-refractivity contribution in [2.45, 2.75) is 6.18 Å². The summed E-state index contributed by atoms with van der Waals surface area (Å²) < 4.78 is 54.3. The highest BCUT2D eigenvalue weighted by atomic mass is 35.5. The molecule has 33 heavy (non-hydrogen) atoms. The summed E-state index contributed by atoms with van der Waals surface area (Å²) in [6, 6.07) is 16.4. The van der Waals surface area contributed by atoms with Crippen LogP contribution in [0.15, 0.2) is 66.7 Å². The zero-order valence-corrected chi connectivity index (χ0v) is 17.7. The minimum absolute atomic E-state index is 0.104. The summed E-state index contributed by atoms with van der Waals surface area (Å²) in [4.78, 5) is 6.27. The third-order valence-corrected chi connectivity index (χ3v) is 5.59. The van der Waals surface area contributed by atoms with Gasteiger partial charge >= 0.3 is 6.18 Å². The zero-order valence-electron chi connectivity index (χ0n) is 17.0. The topological polar surface area (TPSA) is 46.3 Å². The number of fused-ring (bicyclic) bond motifs is 3. The Kier molecular flexibility index (Phi) is 4.93. The van der Waals surface area contributed by atoms with Crippen molar-refractivity contribution in [1.82, 2.24) is 19.6 Å². The lowest BCUT2D eigenvalue weighted by Crippen LogP contribution is -2.13. The average molecular weight is 472 g/mol. The van der Waals surface area contributed by atoms with Gasteiger partial charge in [0.25, 0.3) is 5.78 Å². The number of hydrogen-bond acceptors (Lipinski definition) is 4. The predicted molar refractivity (Wildman–Crippen MR) is 118 cm³/mol. The first-order valence-electron chi connectivity index (χ1n) is 9.74. The molecule has 2 heterocycles. The van der Waals surface area contributed by atoms with E-state index >= 15 is 0 Å². The van der Waals surface area contributed by atoms with Gasteiger partial charge in [0.15, 0.2) is 0 Å².